The second kappa shape index (κ2) is 6.58. The Bertz CT molecular complexity index is 299. The zero-order valence-corrected chi connectivity index (χ0v) is 11.4. The topological polar surface area (TPSA) is 64.1 Å². The van der Waals surface area contributed by atoms with Gasteiger partial charge in [0.1, 0.15) is 0 Å². The first-order valence-corrected chi connectivity index (χ1v) is 6.37. The molecule has 104 valence electrons. The maximum Gasteiger partial charge on any atom is 0.319 e. The van der Waals surface area contributed by atoms with Crippen LogP contribution in [-0.2, 0) is 4.79 Å². The van der Waals surface area contributed by atoms with Crippen LogP contribution in [-0.4, -0.2) is 78.1 Å². The summed E-state index contributed by atoms with van der Waals surface area (Å²) in [5.41, 5.74) is 0. The number of carboxylic acids is 1. The van der Waals surface area contributed by atoms with Gasteiger partial charge in [-0.15, -0.1) is 0 Å². The van der Waals surface area contributed by atoms with Crippen molar-refractivity contribution >= 4 is 12.0 Å². The van der Waals surface area contributed by atoms with Gasteiger partial charge in [-0.25, -0.2) is 4.79 Å². The van der Waals surface area contributed by atoms with Crippen LogP contribution in [0.5, 0.6) is 0 Å². The van der Waals surface area contributed by atoms with E-state index in [9.17, 15) is 9.59 Å². The number of carboxylic acid groups (broad SMARTS) is 1. The minimum atomic E-state index is -0.788. The third kappa shape index (κ3) is 3.87. The lowest BCUT2D eigenvalue weighted by Gasteiger charge is -2.38. The van der Waals surface area contributed by atoms with Gasteiger partial charge in [0.05, 0.1) is 6.54 Å². The number of piperidine rings is 1. The van der Waals surface area contributed by atoms with Gasteiger partial charge < -0.3 is 14.9 Å². The van der Waals surface area contributed by atoms with Crippen LogP contribution in [0.25, 0.3) is 0 Å². The molecule has 1 aliphatic heterocycles. The lowest BCUT2D eigenvalue weighted by molar-refractivity contribution is -0.139. The van der Waals surface area contributed by atoms with Crippen molar-refractivity contribution in [2.24, 2.45) is 0 Å². The molecule has 1 heterocycles. The molecule has 1 aliphatic rings. The molecule has 18 heavy (non-hydrogen) atoms. The van der Waals surface area contributed by atoms with Gasteiger partial charge in [0.25, 0.3) is 0 Å². The van der Waals surface area contributed by atoms with E-state index in [0.717, 1.165) is 19.4 Å². The van der Waals surface area contributed by atoms with E-state index < -0.39 is 5.97 Å². The molecule has 6 nitrogen and oxygen atoms in total. The highest BCUT2D eigenvalue weighted by Crippen LogP contribution is 2.17. The Hall–Kier alpha value is -1.30. The minimum Gasteiger partial charge on any atom is -0.480 e. The fourth-order valence-electron chi connectivity index (χ4n) is 2.38. The molecule has 0 aromatic rings. The van der Waals surface area contributed by atoms with Crippen molar-refractivity contribution in [3.8, 4) is 0 Å². The second-order valence-corrected chi connectivity index (χ2v) is 4.85. The van der Waals surface area contributed by atoms with Crippen molar-refractivity contribution in [1.82, 2.24) is 14.7 Å². The number of hydrogen-bond acceptors (Lipinski definition) is 3. The van der Waals surface area contributed by atoms with E-state index in [1.54, 1.807) is 19.0 Å². The highest BCUT2D eigenvalue weighted by Gasteiger charge is 2.27. The quantitative estimate of drug-likeness (QED) is 0.798. The molecule has 1 N–H and O–H groups in total. The van der Waals surface area contributed by atoms with Crippen LogP contribution in [0.4, 0.5) is 4.79 Å². The van der Waals surface area contributed by atoms with E-state index in [1.807, 2.05) is 16.7 Å². The van der Waals surface area contributed by atoms with Gasteiger partial charge in [-0.3, -0.25) is 9.69 Å². The van der Waals surface area contributed by atoms with Gasteiger partial charge >= 0.3 is 12.0 Å². The van der Waals surface area contributed by atoms with Crippen molar-refractivity contribution < 1.29 is 14.7 Å². The Morgan fingerprint density at radius 3 is 2.22 bits per heavy atom. The molecule has 2 amide bonds. The van der Waals surface area contributed by atoms with Crippen LogP contribution in [0.3, 0.4) is 0 Å². The van der Waals surface area contributed by atoms with Crippen LogP contribution < -0.4 is 0 Å². The minimum absolute atomic E-state index is 0.0368. The number of rotatable bonds is 4. The Kier molecular flexibility index (Phi) is 5.40. The van der Waals surface area contributed by atoms with Crippen molar-refractivity contribution in [1.29, 1.82) is 0 Å². The number of urea groups is 1. The molecular weight excluding hydrogens is 234 g/mol. The van der Waals surface area contributed by atoms with Gasteiger partial charge in [0.15, 0.2) is 0 Å². The molecule has 0 aliphatic carbocycles. The van der Waals surface area contributed by atoms with E-state index in [2.05, 4.69) is 0 Å². The predicted molar refractivity (Wildman–Crippen MR) is 68.6 cm³/mol. The summed E-state index contributed by atoms with van der Waals surface area (Å²) in [6.45, 7) is 4.21. The highest BCUT2D eigenvalue weighted by molar-refractivity contribution is 5.73. The van der Waals surface area contributed by atoms with Gasteiger partial charge in [0, 0.05) is 33.2 Å². The summed E-state index contributed by atoms with van der Waals surface area (Å²) in [6, 6.07) is 0.312. The number of likely N-dealkylation sites (tertiary alicyclic amines) is 1. The van der Waals surface area contributed by atoms with Crippen molar-refractivity contribution in [3.63, 3.8) is 0 Å². The molecule has 0 aromatic heterocycles. The molecule has 0 atom stereocenters. The molecule has 1 fully saturated rings. The Morgan fingerprint density at radius 2 is 1.83 bits per heavy atom. The smallest absolute Gasteiger partial charge is 0.319 e. The van der Waals surface area contributed by atoms with E-state index in [4.69, 9.17) is 5.11 Å². The first-order valence-electron chi connectivity index (χ1n) is 6.37. The molecular formula is C12H23N3O3. The van der Waals surface area contributed by atoms with Crippen LogP contribution >= 0.6 is 0 Å². The zero-order chi connectivity index (χ0) is 13.7. The van der Waals surface area contributed by atoms with Crippen LogP contribution in [0.1, 0.15) is 19.8 Å². The van der Waals surface area contributed by atoms with Crippen molar-refractivity contribution in [2.75, 3.05) is 40.3 Å². The fourth-order valence-corrected chi connectivity index (χ4v) is 2.38. The SMILES string of the molecule is CCN(CC(=O)O)C1CCN(C(=O)N(C)C)CC1. The number of carbonyl (C=O) groups excluding carboxylic acids is 1. The Labute approximate surface area is 108 Å². The molecule has 1 saturated heterocycles. The first-order chi connectivity index (χ1) is 8.45. The number of nitrogens with zero attached hydrogens (tertiary/aromatic N) is 3. The summed E-state index contributed by atoms with van der Waals surface area (Å²) in [4.78, 5) is 27.9. The average Bonchev–Trinajstić information content (AvgIpc) is 2.35. The lowest BCUT2D eigenvalue weighted by Crippen LogP contribution is -2.50. The van der Waals surface area contributed by atoms with Crippen LogP contribution in [0.2, 0.25) is 0 Å². The maximum atomic E-state index is 11.8. The molecule has 0 radical (unpaired) electrons. The molecule has 0 saturated carbocycles. The predicted octanol–water partition coefficient (Wildman–Crippen LogP) is 0.539. The average molecular weight is 257 g/mol. The zero-order valence-electron chi connectivity index (χ0n) is 11.4. The standard InChI is InChI=1S/C12H23N3O3/c1-4-14(9-11(16)17)10-5-7-15(8-6-10)12(18)13(2)3/h10H,4-9H2,1-3H3,(H,16,17). The number of amides is 2. The third-order valence-corrected chi connectivity index (χ3v) is 3.38. The molecule has 0 aromatic carbocycles. The summed E-state index contributed by atoms with van der Waals surface area (Å²) < 4.78 is 0. The van der Waals surface area contributed by atoms with E-state index in [1.165, 1.54) is 0 Å². The third-order valence-electron chi connectivity index (χ3n) is 3.38. The normalized spacial score (nSPS) is 17.0. The monoisotopic (exact) mass is 257 g/mol. The van der Waals surface area contributed by atoms with Crippen molar-refractivity contribution in [2.45, 2.75) is 25.8 Å². The summed E-state index contributed by atoms with van der Waals surface area (Å²) in [6.07, 6.45) is 1.70. The molecule has 0 unspecified atom stereocenters. The molecule has 1 rings (SSSR count). The Morgan fingerprint density at radius 1 is 1.28 bits per heavy atom. The number of aliphatic carboxylic acids is 1. The number of carbonyl (C=O) groups is 2. The van der Waals surface area contributed by atoms with Gasteiger partial charge in [-0.1, -0.05) is 6.92 Å². The number of hydrogen-bond donors (Lipinski definition) is 1. The lowest BCUT2D eigenvalue weighted by atomic mass is 10.0. The molecule has 0 spiro atoms. The number of likely N-dealkylation sites (N-methyl/N-ethyl adjacent to an activating group) is 1. The fraction of sp³-hybridized carbons (Fsp3) is 0.833. The summed E-state index contributed by atoms with van der Waals surface area (Å²) in [5, 5.41) is 8.85. The van der Waals surface area contributed by atoms with E-state index >= 15 is 0 Å². The van der Waals surface area contributed by atoms with Crippen LogP contribution in [0, 0.1) is 0 Å². The van der Waals surface area contributed by atoms with Gasteiger partial charge in [-0.05, 0) is 19.4 Å². The highest BCUT2D eigenvalue weighted by atomic mass is 16.4. The van der Waals surface area contributed by atoms with Crippen LogP contribution in [0.15, 0.2) is 0 Å². The summed E-state index contributed by atoms with van der Waals surface area (Å²) >= 11 is 0. The summed E-state index contributed by atoms with van der Waals surface area (Å²) in [5.74, 6) is -0.788. The largest absolute Gasteiger partial charge is 0.480 e. The first kappa shape index (κ1) is 14.8. The molecule has 6 heteroatoms. The van der Waals surface area contributed by atoms with E-state index in [0.29, 0.717) is 13.1 Å². The van der Waals surface area contributed by atoms with E-state index in [-0.39, 0.29) is 18.6 Å². The second-order valence-electron chi connectivity index (χ2n) is 4.85. The van der Waals surface area contributed by atoms with Crippen molar-refractivity contribution in [3.05, 3.63) is 0 Å². The Balaban J connectivity index is 2.47. The van der Waals surface area contributed by atoms with Gasteiger partial charge in [0.2, 0.25) is 0 Å². The maximum absolute atomic E-state index is 11.8. The summed E-state index contributed by atoms with van der Waals surface area (Å²) in [7, 11) is 3.49. The molecule has 0 bridgehead atoms. The van der Waals surface area contributed by atoms with Gasteiger partial charge in [-0.2, -0.15) is 0 Å².